The third kappa shape index (κ3) is 6.79. The van der Waals surface area contributed by atoms with E-state index in [2.05, 4.69) is 15.4 Å². The van der Waals surface area contributed by atoms with Gasteiger partial charge in [-0.25, -0.2) is 0 Å². The number of benzene rings is 1. The third-order valence-electron chi connectivity index (χ3n) is 2.33. The maximum absolute atomic E-state index is 12.1. The molecule has 0 aliphatic carbocycles. The fourth-order valence-corrected chi connectivity index (χ4v) is 1.52. The molecule has 0 fully saturated rings. The summed E-state index contributed by atoms with van der Waals surface area (Å²) in [6.07, 6.45) is -1.72. The molecule has 0 radical (unpaired) electrons. The van der Waals surface area contributed by atoms with Crippen molar-refractivity contribution in [2.45, 2.75) is 32.7 Å². The van der Waals surface area contributed by atoms with Crippen LogP contribution in [0.15, 0.2) is 30.3 Å². The summed E-state index contributed by atoms with van der Waals surface area (Å²) >= 11 is 0. The van der Waals surface area contributed by atoms with E-state index >= 15 is 0 Å². The second kappa shape index (κ2) is 8.21. The molecule has 5 nitrogen and oxygen atoms in total. The van der Waals surface area contributed by atoms with E-state index < -0.39 is 24.7 Å². The lowest BCUT2D eigenvalue weighted by atomic mass is 10.2. The molecule has 20 heavy (non-hydrogen) atoms. The Bertz CT molecular complexity index is 441. The van der Waals surface area contributed by atoms with Crippen molar-refractivity contribution in [3.8, 4) is 0 Å². The maximum Gasteiger partial charge on any atom is 0.347 e. The Hall–Kier alpha value is -2.02. The highest BCUT2D eigenvalue weighted by Crippen LogP contribution is 2.04. The first-order valence-electron chi connectivity index (χ1n) is 5.98. The average Bonchev–Trinajstić information content (AvgIpc) is 2.36. The number of carbonyl (C=O) groups is 2. The minimum atomic E-state index is -3.06. The number of ether oxygens (including phenoxy) is 1. The van der Waals surface area contributed by atoms with Gasteiger partial charge in [0, 0.05) is 13.5 Å². The first-order valence-corrected chi connectivity index (χ1v) is 5.98. The van der Waals surface area contributed by atoms with Crippen LogP contribution in [0.4, 0.5) is 8.78 Å². The Morgan fingerprint density at radius 2 is 1.90 bits per heavy atom. The van der Waals surface area contributed by atoms with Crippen LogP contribution < -0.4 is 10.6 Å². The number of nitrogens with one attached hydrogen (secondary N) is 2. The second-order valence-electron chi connectivity index (χ2n) is 4.05. The van der Waals surface area contributed by atoms with Gasteiger partial charge in [0.05, 0.1) is 6.42 Å². The minimum absolute atomic E-state index is 0.279. The van der Waals surface area contributed by atoms with Gasteiger partial charge >= 0.3 is 6.61 Å². The van der Waals surface area contributed by atoms with Crippen LogP contribution >= 0.6 is 0 Å². The van der Waals surface area contributed by atoms with Crippen LogP contribution in [0.25, 0.3) is 0 Å². The normalized spacial score (nSPS) is 12.0. The van der Waals surface area contributed by atoms with Gasteiger partial charge in [-0.1, -0.05) is 30.3 Å². The lowest BCUT2D eigenvalue weighted by molar-refractivity contribution is -0.176. The van der Waals surface area contributed by atoms with E-state index in [-0.39, 0.29) is 13.0 Å². The molecule has 7 heteroatoms. The summed E-state index contributed by atoms with van der Waals surface area (Å²) in [5, 5.41) is 4.70. The van der Waals surface area contributed by atoms with Crippen molar-refractivity contribution in [3.05, 3.63) is 35.9 Å². The molecule has 1 atom stereocenters. The Balaban J connectivity index is 2.42. The van der Waals surface area contributed by atoms with Crippen LogP contribution in [-0.2, 0) is 20.9 Å². The summed E-state index contributed by atoms with van der Waals surface area (Å²) < 4.78 is 28.4. The molecule has 0 aliphatic heterocycles. The SMILES string of the molecule is CC(=O)NC(CC(=O)NCc1ccccc1)OC(F)F. The first kappa shape index (κ1) is 16.0. The number of carbonyl (C=O) groups excluding carboxylic acids is 2. The molecule has 0 saturated carbocycles. The Morgan fingerprint density at radius 3 is 2.45 bits per heavy atom. The highest BCUT2D eigenvalue weighted by Gasteiger charge is 2.19. The van der Waals surface area contributed by atoms with Crippen LogP contribution in [0.5, 0.6) is 0 Å². The lowest BCUT2D eigenvalue weighted by Crippen LogP contribution is -2.40. The highest BCUT2D eigenvalue weighted by molar-refractivity contribution is 5.78. The van der Waals surface area contributed by atoms with Crippen LogP contribution in [0.1, 0.15) is 18.9 Å². The van der Waals surface area contributed by atoms with E-state index in [1.54, 1.807) is 0 Å². The summed E-state index contributed by atoms with van der Waals surface area (Å²) in [5.74, 6) is -1.04. The summed E-state index contributed by atoms with van der Waals surface area (Å²) in [7, 11) is 0. The Kier molecular flexibility index (Phi) is 6.58. The average molecular weight is 286 g/mol. The number of alkyl halides is 2. The molecule has 0 spiro atoms. The van der Waals surface area contributed by atoms with Crippen molar-refractivity contribution in [2.75, 3.05) is 0 Å². The minimum Gasteiger partial charge on any atom is -0.352 e. The van der Waals surface area contributed by atoms with E-state index in [0.717, 1.165) is 12.5 Å². The fourth-order valence-electron chi connectivity index (χ4n) is 1.52. The number of amides is 2. The van der Waals surface area contributed by atoms with Crippen molar-refractivity contribution in [2.24, 2.45) is 0 Å². The molecular weight excluding hydrogens is 270 g/mol. The molecule has 0 bridgehead atoms. The van der Waals surface area contributed by atoms with Gasteiger partial charge in [0.2, 0.25) is 11.8 Å². The lowest BCUT2D eigenvalue weighted by Gasteiger charge is -2.17. The predicted molar refractivity (Wildman–Crippen MR) is 67.6 cm³/mol. The quantitative estimate of drug-likeness (QED) is 0.744. The zero-order valence-electron chi connectivity index (χ0n) is 10.9. The number of hydrogen-bond acceptors (Lipinski definition) is 3. The number of hydrogen-bond donors (Lipinski definition) is 2. The Labute approximate surface area is 115 Å². The topological polar surface area (TPSA) is 67.4 Å². The molecule has 2 N–H and O–H groups in total. The van der Waals surface area contributed by atoms with Gasteiger partial charge in [-0.05, 0) is 5.56 Å². The molecule has 1 aromatic rings. The van der Waals surface area contributed by atoms with Crippen molar-refractivity contribution >= 4 is 11.8 Å². The van der Waals surface area contributed by atoms with E-state index in [4.69, 9.17) is 0 Å². The number of halogens is 2. The van der Waals surface area contributed by atoms with E-state index in [1.165, 1.54) is 0 Å². The standard InChI is InChI=1S/C13H16F2N2O3/c1-9(18)17-12(20-13(14)15)7-11(19)16-8-10-5-3-2-4-6-10/h2-6,12-13H,7-8H2,1H3,(H,16,19)(H,17,18). The van der Waals surface area contributed by atoms with Crippen LogP contribution in [0.3, 0.4) is 0 Å². The summed E-state index contributed by atoms with van der Waals surface area (Å²) in [4.78, 5) is 22.4. The molecule has 1 rings (SSSR count). The number of rotatable bonds is 7. The van der Waals surface area contributed by atoms with Gasteiger partial charge in [0.1, 0.15) is 6.23 Å². The van der Waals surface area contributed by atoms with E-state index in [0.29, 0.717) is 0 Å². The van der Waals surface area contributed by atoms with E-state index in [9.17, 15) is 18.4 Å². The van der Waals surface area contributed by atoms with Crippen molar-refractivity contribution in [1.29, 1.82) is 0 Å². The molecule has 2 amide bonds. The van der Waals surface area contributed by atoms with Gasteiger partial charge in [0.25, 0.3) is 0 Å². The smallest absolute Gasteiger partial charge is 0.347 e. The molecule has 0 saturated heterocycles. The zero-order chi connectivity index (χ0) is 15.0. The fraction of sp³-hybridized carbons (Fsp3) is 0.385. The van der Waals surface area contributed by atoms with Gasteiger partial charge in [0.15, 0.2) is 0 Å². The van der Waals surface area contributed by atoms with Crippen molar-refractivity contribution in [1.82, 2.24) is 10.6 Å². The van der Waals surface area contributed by atoms with Crippen LogP contribution in [0, 0.1) is 0 Å². The van der Waals surface area contributed by atoms with E-state index in [1.807, 2.05) is 30.3 Å². The van der Waals surface area contributed by atoms with Crippen LogP contribution in [0.2, 0.25) is 0 Å². The first-order chi connectivity index (χ1) is 9.47. The van der Waals surface area contributed by atoms with Crippen LogP contribution in [-0.4, -0.2) is 24.7 Å². The summed E-state index contributed by atoms with van der Waals surface area (Å²) in [6, 6.07) is 9.13. The van der Waals surface area contributed by atoms with Gasteiger partial charge in [-0.15, -0.1) is 0 Å². The van der Waals surface area contributed by atoms with Gasteiger partial charge in [-0.3, -0.25) is 14.3 Å². The molecule has 110 valence electrons. The second-order valence-corrected chi connectivity index (χ2v) is 4.05. The molecule has 0 heterocycles. The van der Waals surface area contributed by atoms with Gasteiger partial charge in [-0.2, -0.15) is 8.78 Å². The molecule has 0 aliphatic rings. The maximum atomic E-state index is 12.1. The predicted octanol–water partition coefficient (Wildman–Crippen LogP) is 1.39. The summed E-state index contributed by atoms with van der Waals surface area (Å²) in [6.45, 7) is -1.63. The Morgan fingerprint density at radius 1 is 1.25 bits per heavy atom. The monoisotopic (exact) mass is 286 g/mol. The highest BCUT2D eigenvalue weighted by atomic mass is 19.3. The summed E-state index contributed by atoms with van der Waals surface area (Å²) in [5.41, 5.74) is 0.881. The zero-order valence-corrected chi connectivity index (χ0v) is 10.9. The van der Waals surface area contributed by atoms with Crippen molar-refractivity contribution in [3.63, 3.8) is 0 Å². The molecule has 0 aromatic heterocycles. The third-order valence-corrected chi connectivity index (χ3v) is 2.33. The molecule has 1 aromatic carbocycles. The van der Waals surface area contributed by atoms with Crippen molar-refractivity contribution < 1.29 is 23.1 Å². The van der Waals surface area contributed by atoms with Gasteiger partial charge < -0.3 is 10.6 Å². The molecule has 1 unspecified atom stereocenters. The molecular formula is C13H16F2N2O3. The largest absolute Gasteiger partial charge is 0.352 e.